The summed E-state index contributed by atoms with van der Waals surface area (Å²) >= 11 is 0. The van der Waals surface area contributed by atoms with Crippen LogP contribution in [0, 0.1) is 5.41 Å². The Morgan fingerprint density at radius 1 is 1.41 bits per heavy atom. The van der Waals surface area contributed by atoms with Crippen LogP contribution in [-0.2, 0) is 11.3 Å². The summed E-state index contributed by atoms with van der Waals surface area (Å²) in [5.41, 5.74) is 2.67. The number of likely N-dealkylation sites (tertiary alicyclic amines) is 2. The summed E-state index contributed by atoms with van der Waals surface area (Å²) in [6.45, 7) is 8.97. The highest BCUT2D eigenvalue weighted by Gasteiger charge is 2.44. The molecule has 0 radical (unpaired) electrons. The van der Waals surface area contributed by atoms with Crippen LogP contribution < -0.4 is 0 Å². The van der Waals surface area contributed by atoms with E-state index in [4.69, 9.17) is 0 Å². The minimum atomic E-state index is 0.219. The van der Waals surface area contributed by atoms with Crippen molar-refractivity contribution in [3.05, 3.63) is 29.9 Å². The van der Waals surface area contributed by atoms with E-state index in [1.54, 1.807) is 6.33 Å². The number of carbonyl (C=O) groups excluding carboxylic acids is 1. The Morgan fingerprint density at radius 3 is 2.82 bits per heavy atom. The molecule has 2 aliphatic heterocycles. The summed E-state index contributed by atoms with van der Waals surface area (Å²) in [6, 6.07) is 0. The molecule has 120 valence electrons. The van der Waals surface area contributed by atoms with Crippen molar-refractivity contribution < 1.29 is 4.79 Å². The average molecular weight is 302 g/mol. The molecule has 22 heavy (non-hydrogen) atoms. The quantitative estimate of drug-likeness (QED) is 0.868. The highest BCUT2D eigenvalue weighted by atomic mass is 16.2. The molecule has 5 nitrogen and oxygen atoms in total. The molecule has 0 bridgehead atoms. The van der Waals surface area contributed by atoms with Crippen LogP contribution >= 0.6 is 0 Å². The van der Waals surface area contributed by atoms with Crippen LogP contribution in [0.1, 0.15) is 38.8 Å². The second-order valence-electron chi connectivity index (χ2n) is 7.09. The van der Waals surface area contributed by atoms with E-state index in [-0.39, 0.29) is 5.41 Å². The van der Waals surface area contributed by atoms with Gasteiger partial charge in [-0.1, -0.05) is 11.6 Å². The Morgan fingerprint density at radius 2 is 2.18 bits per heavy atom. The fourth-order valence-corrected chi connectivity index (χ4v) is 3.57. The molecule has 1 N–H and O–H groups in total. The lowest BCUT2D eigenvalue weighted by molar-refractivity contribution is -0.127. The van der Waals surface area contributed by atoms with Crippen molar-refractivity contribution in [2.24, 2.45) is 5.41 Å². The lowest BCUT2D eigenvalue weighted by Crippen LogP contribution is -2.41. The molecule has 0 unspecified atom stereocenters. The zero-order valence-electron chi connectivity index (χ0n) is 13.6. The molecule has 1 aromatic heterocycles. The molecule has 2 fully saturated rings. The van der Waals surface area contributed by atoms with Gasteiger partial charge in [-0.2, -0.15) is 0 Å². The molecule has 1 aromatic rings. The number of imidazole rings is 1. The van der Waals surface area contributed by atoms with E-state index in [0.29, 0.717) is 5.91 Å². The highest BCUT2D eigenvalue weighted by Crippen LogP contribution is 2.41. The van der Waals surface area contributed by atoms with Gasteiger partial charge in [0.05, 0.1) is 6.33 Å². The second kappa shape index (κ2) is 6.24. The monoisotopic (exact) mass is 302 g/mol. The van der Waals surface area contributed by atoms with Crippen molar-refractivity contribution in [3.8, 4) is 0 Å². The fraction of sp³-hybridized carbons (Fsp3) is 0.647. The molecule has 3 heterocycles. The summed E-state index contributed by atoms with van der Waals surface area (Å²) < 4.78 is 0. The Labute approximate surface area is 132 Å². The number of rotatable bonds is 4. The number of nitrogens with zero attached hydrogens (tertiary/aromatic N) is 3. The molecule has 3 rings (SSSR count). The molecule has 5 heteroatoms. The van der Waals surface area contributed by atoms with Gasteiger partial charge in [-0.25, -0.2) is 4.98 Å². The van der Waals surface area contributed by atoms with Gasteiger partial charge >= 0.3 is 0 Å². The van der Waals surface area contributed by atoms with Crippen LogP contribution in [0.2, 0.25) is 0 Å². The van der Waals surface area contributed by atoms with Crippen molar-refractivity contribution >= 4 is 5.91 Å². The normalized spacial score (nSPS) is 21.5. The zero-order chi connectivity index (χ0) is 15.6. The third kappa shape index (κ3) is 3.40. The number of hydrogen-bond acceptors (Lipinski definition) is 3. The van der Waals surface area contributed by atoms with E-state index in [9.17, 15) is 4.79 Å². The van der Waals surface area contributed by atoms with E-state index in [1.165, 1.54) is 11.3 Å². The first kappa shape index (κ1) is 15.3. The number of piperidine rings is 1. The molecule has 2 saturated heterocycles. The third-order valence-electron chi connectivity index (χ3n) is 4.99. The summed E-state index contributed by atoms with van der Waals surface area (Å²) in [5.74, 6) is 0.333. The van der Waals surface area contributed by atoms with E-state index in [1.807, 2.05) is 11.1 Å². The van der Waals surface area contributed by atoms with Gasteiger partial charge in [-0.05, 0) is 45.2 Å². The average Bonchev–Trinajstić information content (AvgIpc) is 3.08. The van der Waals surface area contributed by atoms with Gasteiger partial charge in [0.25, 0.3) is 0 Å². The van der Waals surface area contributed by atoms with E-state index in [2.05, 4.69) is 34.8 Å². The first-order valence-corrected chi connectivity index (χ1v) is 8.17. The maximum Gasteiger partial charge on any atom is 0.223 e. The highest BCUT2D eigenvalue weighted by molar-refractivity contribution is 5.79. The van der Waals surface area contributed by atoms with Crippen molar-refractivity contribution in [1.82, 2.24) is 19.8 Å². The number of nitrogens with one attached hydrogen (secondary N) is 1. The van der Waals surface area contributed by atoms with Crippen molar-refractivity contribution in [1.29, 1.82) is 0 Å². The van der Waals surface area contributed by atoms with Crippen LogP contribution in [0.15, 0.2) is 24.2 Å². The molecule has 2 aliphatic rings. The molecular formula is C17H26N4O. The fourth-order valence-electron chi connectivity index (χ4n) is 3.57. The summed E-state index contributed by atoms with van der Waals surface area (Å²) in [6.07, 6.45) is 8.77. The van der Waals surface area contributed by atoms with Crippen LogP contribution in [0.3, 0.4) is 0 Å². The predicted molar refractivity (Wildman–Crippen MR) is 86.2 cm³/mol. The third-order valence-corrected chi connectivity index (χ3v) is 4.99. The Balaban J connectivity index is 1.54. The Hall–Kier alpha value is -1.62. The predicted octanol–water partition coefficient (Wildman–Crippen LogP) is 2.19. The van der Waals surface area contributed by atoms with Crippen molar-refractivity contribution in [3.63, 3.8) is 0 Å². The number of H-pyrrole nitrogens is 1. The maximum atomic E-state index is 12.3. The SMILES string of the molecule is CC(C)=CCN1CC2(CCN(Cc3cnc[nH]3)CC2)CC1=O. The number of amides is 1. The lowest BCUT2D eigenvalue weighted by Gasteiger charge is -2.38. The van der Waals surface area contributed by atoms with Gasteiger partial charge in [0.1, 0.15) is 0 Å². The van der Waals surface area contributed by atoms with Gasteiger partial charge in [0.2, 0.25) is 5.91 Å². The van der Waals surface area contributed by atoms with Gasteiger partial charge in [-0.15, -0.1) is 0 Å². The summed E-state index contributed by atoms with van der Waals surface area (Å²) in [7, 11) is 0. The van der Waals surface area contributed by atoms with Crippen LogP contribution in [-0.4, -0.2) is 51.9 Å². The van der Waals surface area contributed by atoms with Crippen molar-refractivity contribution in [2.75, 3.05) is 26.2 Å². The standard InChI is InChI=1S/C17H26N4O/c1-14(2)3-6-21-12-17(9-16(21)22)4-7-20(8-5-17)11-15-10-18-13-19-15/h3,10,13H,4-9,11-12H2,1-2H3,(H,18,19). The molecule has 0 atom stereocenters. The van der Waals surface area contributed by atoms with Gasteiger partial charge in [-0.3, -0.25) is 9.69 Å². The topological polar surface area (TPSA) is 52.2 Å². The summed E-state index contributed by atoms with van der Waals surface area (Å²) in [5, 5.41) is 0. The first-order valence-electron chi connectivity index (χ1n) is 8.17. The first-order chi connectivity index (χ1) is 10.6. The molecule has 0 saturated carbocycles. The van der Waals surface area contributed by atoms with Crippen LogP contribution in [0.25, 0.3) is 0 Å². The van der Waals surface area contributed by atoms with Crippen molar-refractivity contribution in [2.45, 2.75) is 39.7 Å². The molecule has 0 aromatic carbocycles. The molecule has 1 spiro atoms. The van der Waals surface area contributed by atoms with Gasteiger partial charge in [0.15, 0.2) is 0 Å². The number of aromatic nitrogens is 2. The minimum absolute atomic E-state index is 0.219. The number of carbonyl (C=O) groups is 1. The Bertz CT molecular complexity index is 537. The van der Waals surface area contributed by atoms with Gasteiger partial charge in [0, 0.05) is 37.9 Å². The molecule has 1 amide bonds. The molecule has 0 aliphatic carbocycles. The number of hydrogen-bond donors (Lipinski definition) is 1. The van der Waals surface area contributed by atoms with E-state index >= 15 is 0 Å². The van der Waals surface area contributed by atoms with E-state index in [0.717, 1.165) is 52.0 Å². The molecular weight excluding hydrogens is 276 g/mol. The second-order valence-corrected chi connectivity index (χ2v) is 7.09. The Kier molecular flexibility index (Phi) is 4.34. The van der Waals surface area contributed by atoms with Crippen LogP contribution in [0.4, 0.5) is 0 Å². The summed E-state index contributed by atoms with van der Waals surface area (Å²) in [4.78, 5) is 24.0. The number of aromatic amines is 1. The van der Waals surface area contributed by atoms with Gasteiger partial charge < -0.3 is 9.88 Å². The smallest absolute Gasteiger partial charge is 0.223 e. The van der Waals surface area contributed by atoms with E-state index < -0.39 is 0 Å². The zero-order valence-corrected chi connectivity index (χ0v) is 13.6. The number of allylic oxidation sites excluding steroid dienone is 1. The maximum absolute atomic E-state index is 12.3. The minimum Gasteiger partial charge on any atom is -0.347 e. The largest absolute Gasteiger partial charge is 0.347 e. The van der Waals surface area contributed by atoms with Crippen LogP contribution in [0.5, 0.6) is 0 Å². The lowest BCUT2D eigenvalue weighted by atomic mass is 9.77.